The van der Waals surface area contributed by atoms with Crippen molar-refractivity contribution in [3.63, 3.8) is 0 Å². The Hall–Kier alpha value is -1.52. The normalized spacial score (nSPS) is 17.0. The maximum absolute atomic E-state index is 12.5. The fourth-order valence-electron chi connectivity index (χ4n) is 2.72. The lowest BCUT2D eigenvalue weighted by molar-refractivity contribution is 0.0914. The largest absolute Gasteiger partial charge is 0.349 e. The molecule has 0 radical (unpaired) electrons. The Morgan fingerprint density at radius 3 is 2.64 bits per heavy atom. The molecule has 0 bridgehead atoms. The summed E-state index contributed by atoms with van der Waals surface area (Å²) in [6.45, 7) is 2.70. The predicted octanol–water partition coefficient (Wildman–Crippen LogP) is 3.64. The number of aryl methyl sites for hydroxylation is 1. The first-order valence-electron chi connectivity index (χ1n) is 7.30. The summed E-state index contributed by atoms with van der Waals surface area (Å²) in [6.07, 6.45) is 2.77. The number of amides is 1. The zero-order chi connectivity index (χ0) is 15.7. The summed E-state index contributed by atoms with van der Waals surface area (Å²) >= 11 is 12.0. The van der Waals surface area contributed by atoms with Gasteiger partial charge in [-0.15, -0.1) is 23.2 Å². The van der Waals surface area contributed by atoms with E-state index in [1.807, 2.05) is 41.9 Å². The average Bonchev–Trinajstić information content (AvgIpc) is 2.90. The van der Waals surface area contributed by atoms with E-state index in [-0.39, 0.29) is 11.9 Å². The number of alkyl halides is 2. The van der Waals surface area contributed by atoms with E-state index in [9.17, 15) is 4.79 Å². The third-order valence-corrected chi connectivity index (χ3v) is 4.47. The lowest BCUT2D eigenvalue weighted by atomic mass is 9.91. The van der Waals surface area contributed by atoms with Gasteiger partial charge in [-0.25, -0.2) is 0 Å². The van der Waals surface area contributed by atoms with Crippen LogP contribution in [0.4, 0.5) is 0 Å². The summed E-state index contributed by atoms with van der Waals surface area (Å²) in [4.78, 5) is 12.5. The molecule has 0 atom stereocenters. The summed E-state index contributed by atoms with van der Waals surface area (Å²) < 4.78 is 1.13. The molecule has 4 nitrogen and oxygen atoms in total. The van der Waals surface area contributed by atoms with Crippen molar-refractivity contribution >= 4 is 29.1 Å². The monoisotopic (exact) mass is 337 g/mol. The highest BCUT2D eigenvalue weighted by Crippen LogP contribution is 2.42. The number of hydrogen-bond acceptors (Lipinski definition) is 2. The van der Waals surface area contributed by atoms with Crippen LogP contribution >= 0.6 is 23.2 Å². The smallest absolute Gasteiger partial charge is 0.255 e. The molecule has 3 rings (SSSR count). The zero-order valence-corrected chi connectivity index (χ0v) is 13.7. The van der Waals surface area contributed by atoms with Crippen LogP contribution in [0.1, 0.15) is 30.1 Å². The molecule has 2 aromatic rings. The fraction of sp³-hybridized carbons (Fsp3) is 0.375. The van der Waals surface area contributed by atoms with E-state index in [4.69, 9.17) is 23.2 Å². The molecule has 1 aliphatic rings. The molecule has 1 saturated carbocycles. The number of halogens is 2. The van der Waals surface area contributed by atoms with Gasteiger partial charge in [0.1, 0.15) is 4.33 Å². The van der Waals surface area contributed by atoms with Gasteiger partial charge in [0.05, 0.1) is 17.5 Å². The molecule has 22 heavy (non-hydrogen) atoms. The minimum Gasteiger partial charge on any atom is -0.349 e. The highest BCUT2D eigenvalue weighted by atomic mass is 35.5. The van der Waals surface area contributed by atoms with Crippen LogP contribution in [-0.2, 0) is 6.54 Å². The van der Waals surface area contributed by atoms with E-state index in [1.54, 1.807) is 6.20 Å². The van der Waals surface area contributed by atoms with E-state index in [2.05, 4.69) is 10.4 Å². The molecule has 0 unspecified atom stereocenters. The topological polar surface area (TPSA) is 46.9 Å². The Labute approximate surface area is 139 Å². The van der Waals surface area contributed by atoms with Crippen LogP contribution < -0.4 is 5.32 Å². The predicted molar refractivity (Wildman–Crippen MR) is 88.3 cm³/mol. The molecular weight excluding hydrogens is 321 g/mol. The fourth-order valence-corrected chi connectivity index (χ4v) is 3.46. The first-order valence-corrected chi connectivity index (χ1v) is 8.05. The third kappa shape index (κ3) is 2.99. The van der Waals surface area contributed by atoms with Crippen molar-refractivity contribution in [2.24, 2.45) is 0 Å². The van der Waals surface area contributed by atoms with Crippen LogP contribution in [0.15, 0.2) is 36.5 Å². The van der Waals surface area contributed by atoms with E-state index in [0.29, 0.717) is 24.9 Å². The van der Waals surface area contributed by atoms with Crippen molar-refractivity contribution in [3.8, 4) is 11.3 Å². The van der Waals surface area contributed by atoms with Gasteiger partial charge in [0.15, 0.2) is 0 Å². The maximum atomic E-state index is 12.5. The molecule has 1 aromatic heterocycles. The van der Waals surface area contributed by atoms with Gasteiger partial charge in [-0.1, -0.05) is 30.3 Å². The number of hydrogen-bond donors (Lipinski definition) is 1. The molecule has 6 heteroatoms. The third-order valence-electron chi connectivity index (χ3n) is 3.86. The molecule has 1 aliphatic carbocycles. The van der Waals surface area contributed by atoms with Gasteiger partial charge < -0.3 is 5.32 Å². The van der Waals surface area contributed by atoms with Gasteiger partial charge >= 0.3 is 0 Å². The molecule has 0 aliphatic heterocycles. The lowest BCUT2D eigenvalue weighted by Gasteiger charge is -2.38. The maximum Gasteiger partial charge on any atom is 0.255 e. The zero-order valence-electron chi connectivity index (χ0n) is 12.2. The Morgan fingerprint density at radius 1 is 1.36 bits per heavy atom. The van der Waals surface area contributed by atoms with Crippen LogP contribution in [0, 0.1) is 0 Å². The number of carbonyl (C=O) groups excluding carboxylic acids is 1. The molecule has 1 heterocycles. The molecule has 1 fully saturated rings. The lowest BCUT2D eigenvalue weighted by Crippen LogP contribution is -2.49. The molecule has 116 valence electrons. The standard InChI is InChI=1S/C16H17Cl2N3O/c1-2-21-14(11-6-4-3-5-7-11)13(10-19-21)15(22)20-12-8-16(17,18)9-12/h3-7,10,12H,2,8-9H2,1H3,(H,20,22). The van der Waals surface area contributed by atoms with Crippen molar-refractivity contribution < 1.29 is 4.79 Å². The SMILES string of the molecule is CCn1ncc(C(=O)NC2CC(Cl)(Cl)C2)c1-c1ccccc1. The van der Waals surface area contributed by atoms with Crippen molar-refractivity contribution in [2.45, 2.75) is 36.7 Å². The van der Waals surface area contributed by atoms with Crippen LogP contribution in [0.5, 0.6) is 0 Å². The molecule has 1 amide bonds. The molecule has 1 N–H and O–H groups in total. The van der Waals surface area contributed by atoms with Crippen LogP contribution in [-0.4, -0.2) is 26.1 Å². The van der Waals surface area contributed by atoms with E-state index < -0.39 is 4.33 Å². The number of benzene rings is 1. The summed E-state index contributed by atoms with van der Waals surface area (Å²) in [5.74, 6) is -0.132. The highest BCUT2D eigenvalue weighted by molar-refractivity contribution is 6.49. The summed E-state index contributed by atoms with van der Waals surface area (Å²) in [6, 6.07) is 9.83. The highest BCUT2D eigenvalue weighted by Gasteiger charge is 2.42. The van der Waals surface area contributed by atoms with Crippen LogP contribution in [0.3, 0.4) is 0 Å². The Morgan fingerprint density at radius 2 is 2.05 bits per heavy atom. The second-order valence-corrected chi connectivity index (χ2v) is 7.16. The minimum absolute atomic E-state index is 0.0242. The Kier molecular flexibility index (Phi) is 4.15. The van der Waals surface area contributed by atoms with Gasteiger partial charge in [-0.05, 0) is 6.92 Å². The van der Waals surface area contributed by atoms with E-state index >= 15 is 0 Å². The van der Waals surface area contributed by atoms with E-state index in [0.717, 1.165) is 11.3 Å². The summed E-state index contributed by atoms with van der Waals surface area (Å²) in [5.41, 5.74) is 2.39. The first-order chi connectivity index (χ1) is 10.5. The van der Waals surface area contributed by atoms with Gasteiger partial charge in [0.2, 0.25) is 0 Å². The van der Waals surface area contributed by atoms with Crippen molar-refractivity contribution in [1.82, 2.24) is 15.1 Å². The number of carbonyl (C=O) groups is 1. The Bertz CT molecular complexity index is 674. The number of nitrogens with one attached hydrogen (secondary N) is 1. The average molecular weight is 338 g/mol. The van der Waals surface area contributed by atoms with Crippen LogP contribution in [0.2, 0.25) is 0 Å². The first kappa shape index (κ1) is 15.4. The second kappa shape index (κ2) is 5.94. The van der Waals surface area contributed by atoms with Crippen LogP contribution in [0.25, 0.3) is 11.3 Å². The summed E-state index contributed by atoms with van der Waals surface area (Å²) in [5, 5.41) is 7.29. The molecule has 1 aromatic carbocycles. The molecule has 0 saturated heterocycles. The van der Waals surface area contributed by atoms with Crippen molar-refractivity contribution in [3.05, 3.63) is 42.1 Å². The number of nitrogens with zero attached hydrogens (tertiary/aromatic N) is 2. The summed E-state index contributed by atoms with van der Waals surface area (Å²) in [7, 11) is 0. The quantitative estimate of drug-likeness (QED) is 0.866. The molecular formula is C16H17Cl2N3O. The van der Waals surface area contributed by atoms with Crippen molar-refractivity contribution in [2.75, 3.05) is 0 Å². The van der Waals surface area contributed by atoms with E-state index in [1.165, 1.54) is 0 Å². The Balaban J connectivity index is 1.85. The van der Waals surface area contributed by atoms with Gasteiger partial charge in [0, 0.05) is 31.0 Å². The number of aromatic nitrogens is 2. The minimum atomic E-state index is -0.701. The van der Waals surface area contributed by atoms with Gasteiger partial charge in [-0.3, -0.25) is 9.48 Å². The van der Waals surface area contributed by atoms with Crippen molar-refractivity contribution in [1.29, 1.82) is 0 Å². The van der Waals surface area contributed by atoms with Gasteiger partial charge in [-0.2, -0.15) is 5.10 Å². The number of rotatable bonds is 4. The van der Waals surface area contributed by atoms with Gasteiger partial charge in [0.25, 0.3) is 5.91 Å². The molecule has 0 spiro atoms. The second-order valence-electron chi connectivity index (χ2n) is 5.52.